The van der Waals surface area contributed by atoms with Gasteiger partial charge in [-0.1, -0.05) is 6.92 Å². The van der Waals surface area contributed by atoms with Gasteiger partial charge in [0.25, 0.3) is 0 Å². The van der Waals surface area contributed by atoms with Crippen LogP contribution in [0.25, 0.3) is 0 Å². The van der Waals surface area contributed by atoms with Gasteiger partial charge in [-0.2, -0.15) is 0 Å². The predicted molar refractivity (Wildman–Crippen MR) is 72.6 cm³/mol. The minimum Gasteiger partial charge on any atom is -0.480 e. The van der Waals surface area contributed by atoms with Crippen molar-refractivity contribution in [1.82, 2.24) is 10.6 Å². The van der Waals surface area contributed by atoms with Crippen molar-refractivity contribution in [3.63, 3.8) is 0 Å². The first kappa shape index (κ1) is 17.4. The first-order valence-electron chi connectivity index (χ1n) is 6.90. The number of esters is 1. The van der Waals surface area contributed by atoms with Crippen LogP contribution in [0, 0.1) is 5.92 Å². The Kier molecular flexibility index (Phi) is 7.10. The van der Waals surface area contributed by atoms with E-state index in [1.54, 1.807) is 0 Å². The third-order valence-electron chi connectivity index (χ3n) is 3.36. The van der Waals surface area contributed by atoms with Crippen LogP contribution < -0.4 is 10.6 Å². The van der Waals surface area contributed by atoms with Crippen LogP contribution in [0.4, 0.5) is 0 Å². The van der Waals surface area contributed by atoms with Gasteiger partial charge in [-0.3, -0.25) is 9.59 Å². The van der Waals surface area contributed by atoms with Gasteiger partial charge in [0.05, 0.1) is 26.2 Å². The molecule has 0 bridgehead atoms. The number of hydrogen-bond donors (Lipinski definition) is 3. The molecule has 0 spiro atoms. The first-order valence-corrected chi connectivity index (χ1v) is 6.90. The second-order valence-electron chi connectivity index (χ2n) is 4.82. The zero-order valence-corrected chi connectivity index (χ0v) is 12.3. The summed E-state index contributed by atoms with van der Waals surface area (Å²) < 4.78 is 9.72. The predicted octanol–water partition coefficient (Wildman–Crippen LogP) is -0.866. The topological polar surface area (TPSA) is 114 Å². The van der Waals surface area contributed by atoms with Crippen LogP contribution in [0.1, 0.15) is 19.8 Å². The Morgan fingerprint density at radius 3 is 2.67 bits per heavy atom. The van der Waals surface area contributed by atoms with Crippen LogP contribution in [0.5, 0.6) is 0 Å². The summed E-state index contributed by atoms with van der Waals surface area (Å²) >= 11 is 0. The number of carbonyl (C=O) groups is 3. The van der Waals surface area contributed by atoms with Gasteiger partial charge in [0.2, 0.25) is 5.91 Å². The highest BCUT2D eigenvalue weighted by Crippen LogP contribution is 2.14. The molecule has 0 aromatic heterocycles. The first-order chi connectivity index (χ1) is 9.99. The largest absolute Gasteiger partial charge is 0.480 e. The summed E-state index contributed by atoms with van der Waals surface area (Å²) in [4.78, 5) is 34.4. The van der Waals surface area contributed by atoms with Gasteiger partial charge in [-0.25, -0.2) is 4.79 Å². The smallest absolute Gasteiger partial charge is 0.326 e. The molecular formula is C13H22N2O6. The molecule has 120 valence electrons. The molecule has 1 aliphatic heterocycles. The van der Waals surface area contributed by atoms with E-state index in [0.29, 0.717) is 13.2 Å². The van der Waals surface area contributed by atoms with E-state index < -0.39 is 23.9 Å². The summed E-state index contributed by atoms with van der Waals surface area (Å²) in [5.41, 5.74) is 0. The lowest BCUT2D eigenvalue weighted by molar-refractivity contribution is -0.144. The Bertz CT molecular complexity index is 387. The molecule has 1 heterocycles. The summed E-state index contributed by atoms with van der Waals surface area (Å²) in [6, 6.07) is -1.23. The number of amides is 1. The van der Waals surface area contributed by atoms with E-state index >= 15 is 0 Å². The van der Waals surface area contributed by atoms with Gasteiger partial charge in [-0.15, -0.1) is 0 Å². The Morgan fingerprint density at radius 2 is 2.10 bits per heavy atom. The number of likely N-dealkylation sites (N-methyl/N-ethyl adjacent to an activating group) is 1. The van der Waals surface area contributed by atoms with Crippen molar-refractivity contribution in [2.45, 2.75) is 31.8 Å². The fourth-order valence-corrected chi connectivity index (χ4v) is 2.18. The number of carbonyl (C=O) groups excluding carboxylic acids is 2. The zero-order valence-electron chi connectivity index (χ0n) is 12.3. The number of carboxylic acids is 1. The van der Waals surface area contributed by atoms with Crippen LogP contribution >= 0.6 is 0 Å². The Balaban J connectivity index is 2.55. The molecule has 3 atom stereocenters. The minimum atomic E-state index is -1.17. The van der Waals surface area contributed by atoms with E-state index in [1.807, 2.05) is 6.92 Å². The van der Waals surface area contributed by atoms with Crippen molar-refractivity contribution in [3.8, 4) is 0 Å². The van der Waals surface area contributed by atoms with Gasteiger partial charge in [0.15, 0.2) is 0 Å². The lowest BCUT2D eigenvalue weighted by Crippen LogP contribution is -2.49. The summed E-state index contributed by atoms with van der Waals surface area (Å²) in [6.07, 6.45) is -0.0707. The van der Waals surface area contributed by atoms with Gasteiger partial charge in [0, 0.05) is 12.5 Å². The second-order valence-corrected chi connectivity index (χ2v) is 4.82. The van der Waals surface area contributed by atoms with E-state index in [1.165, 1.54) is 7.11 Å². The molecule has 2 unspecified atom stereocenters. The van der Waals surface area contributed by atoms with E-state index in [4.69, 9.17) is 9.84 Å². The molecule has 8 nitrogen and oxygen atoms in total. The normalized spacial score (nSPS) is 22.6. The second kappa shape index (κ2) is 8.58. The maximum Gasteiger partial charge on any atom is 0.326 e. The number of aliphatic carboxylic acids is 1. The lowest BCUT2D eigenvalue weighted by atomic mass is 10.0. The summed E-state index contributed by atoms with van der Waals surface area (Å²) in [5, 5.41) is 14.7. The minimum absolute atomic E-state index is 0.00675. The molecule has 0 radical (unpaired) electrons. The maximum absolute atomic E-state index is 12.1. The van der Waals surface area contributed by atoms with Crippen molar-refractivity contribution in [1.29, 1.82) is 0 Å². The van der Waals surface area contributed by atoms with Crippen LogP contribution in [0.3, 0.4) is 0 Å². The lowest BCUT2D eigenvalue weighted by Gasteiger charge is -2.20. The van der Waals surface area contributed by atoms with E-state index in [2.05, 4.69) is 15.4 Å². The molecule has 1 aliphatic rings. The van der Waals surface area contributed by atoms with Crippen molar-refractivity contribution in [2.75, 3.05) is 26.9 Å². The Hall–Kier alpha value is -1.67. The van der Waals surface area contributed by atoms with E-state index in [0.717, 1.165) is 0 Å². The summed E-state index contributed by atoms with van der Waals surface area (Å²) in [5.74, 6) is -2.49. The SMILES string of the molecule is CCNC1COCC1C(=O)N[C@H](CCC(=O)OC)C(=O)O. The van der Waals surface area contributed by atoms with E-state index in [-0.39, 0.29) is 31.4 Å². The molecule has 1 fully saturated rings. The third kappa shape index (κ3) is 5.31. The highest BCUT2D eigenvalue weighted by molar-refractivity contribution is 5.86. The van der Waals surface area contributed by atoms with Gasteiger partial charge >= 0.3 is 11.9 Å². The zero-order chi connectivity index (χ0) is 15.8. The summed E-state index contributed by atoms with van der Waals surface area (Å²) in [7, 11) is 1.23. The van der Waals surface area contributed by atoms with Crippen molar-refractivity contribution < 1.29 is 29.0 Å². The Morgan fingerprint density at radius 1 is 1.38 bits per heavy atom. The highest BCUT2D eigenvalue weighted by Gasteiger charge is 2.35. The number of ether oxygens (including phenoxy) is 2. The van der Waals surface area contributed by atoms with Crippen molar-refractivity contribution in [3.05, 3.63) is 0 Å². The fourth-order valence-electron chi connectivity index (χ4n) is 2.18. The standard InChI is InChI=1S/C13H22N2O6/c1-3-14-10-7-21-6-8(10)12(17)15-9(13(18)19)4-5-11(16)20-2/h8-10,14H,3-7H2,1-2H3,(H,15,17)(H,18,19)/t8?,9-,10?/m1/s1. The number of carboxylic acid groups (broad SMARTS) is 1. The van der Waals surface area contributed by atoms with Crippen LogP contribution in [-0.4, -0.2) is 61.9 Å². The molecule has 8 heteroatoms. The highest BCUT2D eigenvalue weighted by atomic mass is 16.5. The van der Waals surface area contributed by atoms with Gasteiger partial charge in [0.1, 0.15) is 6.04 Å². The number of nitrogens with one attached hydrogen (secondary N) is 2. The van der Waals surface area contributed by atoms with Crippen LogP contribution in [0.15, 0.2) is 0 Å². The molecule has 0 aliphatic carbocycles. The van der Waals surface area contributed by atoms with Gasteiger partial charge in [-0.05, 0) is 13.0 Å². The molecule has 21 heavy (non-hydrogen) atoms. The maximum atomic E-state index is 12.1. The van der Waals surface area contributed by atoms with Crippen molar-refractivity contribution >= 4 is 17.8 Å². The van der Waals surface area contributed by atoms with E-state index in [9.17, 15) is 14.4 Å². The number of hydrogen-bond acceptors (Lipinski definition) is 6. The van der Waals surface area contributed by atoms with Crippen LogP contribution in [-0.2, 0) is 23.9 Å². The quantitative estimate of drug-likeness (QED) is 0.500. The van der Waals surface area contributed by atoms with Gasteiger partial charge < -0.3 is 25.2 Å². The average Bonchev–Trinajstić information content (AvgIpc) is 2.91. The molecule has 1 saturated heterocycles. The molecular weight excluding hydrogens is 280 g/mol. The molecule has 1 rings (SSSR count). The molecule has 3 N–H and O–H groups in total. The fraction of sp³-hybridized carbons (Fsp3) is 0.769. The molecule has 0 saturated carbocycles. The number of methoxy groups -OCH3 is 1. The molecule has 1 amide bonds. The number of rotatable bonds is 8. The molecule has 0 aromatic rings. The summed E-state index contributed by atoms with van der Waals surface area (Å²) in [6.45, 7) is 3.30. The third-order valence-corrected chi connectivity index (χ3v) is 3.36. The average molecular weight is 302 g/mol. The Labute approximate surface area is 123 Å². The van der Waals surface area contributed by atoms with Crippen LogP contribution in [0.2, 0.25) is 0 Å². The monoisotopic (exact) mass is 302 g/mol. The molecule has 0 aromatic carbocycles. The van der Waals surface area contributed by atoms with Crippen molar-refractivity contribution in [2.24, 2.45) is 5.92 Å².